The van der Waals surface area contributed by atoms with E-state index in [0.717, 1.165) is 27.5 Å². The van der Waals surface area contributed by atoms with Crippen LogP contribution in [-0.4, -0.2) is 0 Å². The van der Waals surface area contributed by atoms with Crippen LogP contribution in [-0.2, 0) is 0 Å². The van der Waals surface area contributed by atoms with Crippen molar-refractivity contribution >= 4 is 44.0 Å². The maximum absolute atomic E-state index is 6.51. The lowest BCUT2D eigenvalue weighted by Gasteiger charge is -2.16. The molecule has 8 rings (SSSR count). The highest BCUT2D eigenvalue weighted by Crippen LogP contribution is 2.49. The zero-order valence-electron chi connectivity index (χ0n) is 21.7. The fraction of sp³-hybridized carbons (Fsp3) is 0. The Labute approximate surface area is 236 Å². The van der Waals surface area contributed by atoms with Gasteiger partial charge in [0, 0.05) is 42.4 Å². The first-order chi connectivity index (χ1) is 19.9. The Balaban J connectivity index is 1.46. The molecular weight excluding hydrogens is 504 g/mol. The van der Waals surface area contributed by atoms with Gasteiger partial charge < -0.3 is 4.42 Å². The summed E-state index contributed by atoms with van der Waals surface area (Å²) in [6.45, 7) is 0. The quantitative estimate of drug-likeness (QED) is 0.221. The first-order valence-electron chi connectivity index (χ1n) is 13.5. The van der Waals surface area contributed by atoms with E-state index >= 15 is 0 Å². The van der Waals surface area contributed by atoms with Crippen molar-refractivity contribution < 1.29 is 4.42 Å². The van der Waals surface area contributed by atoms with Crippen LogP contribution in [0.25, 0.3) is 75.8 Å². The van der Waals surface area contributed by atoms with Crippen LogP contribution in [0.15, 0.2) is 150 Å². The van der Waals surface area contributed by atoms with E-state index in [1.165, 1.54) is 48.3 Å². The van der Waals surface area contributed by atoms with Crippen molar-refractivity contribution in [1.29, 1.82) is 0 Å². The highest BCUT2D eigenvalue weighted by molar-refractivity contribution is 7.21. The molecule has 0 aliphatic carbocycles. The maximum atomic E-state index is 6.51. The number of benzene rings is 6. The smallest absolute Gasteiger partial charge is 0.143 e. The van der Waals surface area contributed by atoms with Gasteiger partial charge in [0.05, 0.1) is 0 Å². The van der Waals surface area contributed by atoms with Gasteiger partial charge in [-0.15, -0.1) is 11.3 Å². The van der Waals surface area contributed by atoms with Gasteiger partial charge in [-0.05, 0) is 28.3 Å². The predicted molar refractivity (Wildman–Crippen MR) is 171 cm³/mol. The number of hydrogen-bond donors (Lipinski definition) is 0. The highest BCUT2D eigenvalue weighted by Gasteiger charge is 2.21. The lowest BCUT2D eigenvalue weighted by atomic mass is 9.88. The zero-order chi connectivity index (χ0) is 26.5. The van der Waals surface area contributed by atoms with Crippen LogP contribution < -0.4 is 0 Å². The van der Waals surface area contributed by atoms with Crippen LogP contribution in [0, 0.1) is 0 Å². The van der Waals surface area contributed by atoms with Gasteiger partial charge in [-0.3, -0.25) is 0 Å². The molecule has 6 aromatic carbocycles. The van der Waals surface area contributed by atoms with Crippen molar-refractivity contribution in [2.24, 2.45) is 0 Å². The monoisotopic (exact) mass is 528 g/mol. The Kier molecular flexibility index (Phi) is 5.39. The molecule has 188 valence electrons. The van der Waals surface area contributed by atoms with E-state index < -0.39 is 0 Å². The second kappa shape index (κ2) is 9.37. The van der Waals surface area contributed by atoms with Crippen LogP contribution in [0.1, 0.15) is 0 Å². The van der Waals surface area contributed by atoms with Gasteiger partial charge in [0.25, 0.3) is 0 Å². The molecule has 2 heteroatoms. The van der Waals surface area contributed by atoms with Crippen LogP contribution >= 0.6 is 11.3 Å². The first kappa shape index (κ1) is 23.0. The van der Waals surface area contributed by atoms with Crippen LogP contribution in [0.2, 0.25) is 0 Å². The molecular formula is C38H24OS. The van der Waals surface area contributed by atoms with Gasteiger partial charge in [0.2, 0.25) is 0 Å². The molecule has 0 radical (unpaired) electrons. The van der Waals surface area contributed by atoms with E-state index in [2.05, 4.69) is 140 Å². The Morgan fingerprint density at radius 3 is 1.70 bits per heavy atom. The van der Waals surface area contributed by atoms with Crippen LogP contribution in [0.5, 0.6) is 0 Å². The van der Waals surface area contributed by atoms with E-state index in [1.807, 2.05) is 17.4 Å². The van der Waals surface area contributed by atoms with Gasteiger partial charge in [-0.1, -0.05) is 140 Å². The zero-order valence-corrected chi connectivity index (χ0v) is 22.5. The fourth-order valence-corrected chi connectivity index (χ4v) is 7.25. The molecule has 0 aliphatic heterocycles. The second-order valence-corrected chi connectivity index (χ2v) is 11.1. The van der Waals surface area contributed by atoms with Crippen molar-refractivity contribution in [3.63, 3.8) is 0 Å². The van der Waals surface area contributed by atoms with Crippen molar-refractivity contribution in [3.8, 4) is 43.1 Å². The topological polar surface area (TPSA) is 13.1 Å². The number of hydrogen-bond acceptors (Lipinski definition) is 2. The molecule has 0 amide bonds. The lowest BCUT2D eigenvalue weighted by molar-refractivity contribution is 0.670. The van der Waals surface area contributed by atoms with Gasteiger partial charge >= 0.3 is 0 Å². The largest absolute Gasteiger partial charge is 0.455 e. The molecule has 2 aromatic heterocycles. The molecule has 2 heterocycles. The minimum atomic E-state index is 0.916. The number of thiophene rings is 1. The van der Waals surface area contributed by atoms with E-state index in [0.29, 0.717) is 0 Å². The molecule has 0 aliphatic rings. The maximum Gasteiger partial charge on any atom is 0.143 e. The number of fused-ring (bicyclic) bond motifs is 4. The van der Waals surface area contributed by atoms with E-state index in [-0.39, 0.29) is 0 Å². The van der Waals surface area contributed by atoms with Gasteiger partial charge in [-0.25, -0.2) is 0 Å². The molecule has 1 nitrogen and oxygen atoms in total. The van der Waals surface area contributed by atoms with Crippen LogP contribution in [0.4, 0.5) is 0 Å². The highest BCUT2D eigenvalue weighted by atomic mass is 32.1. The average Bonchev–Trinajstić information content (AvgIpc) is 3.61. The Bertz CT molecular complexity index is 2150. The Morgan fingerprint density at radius 1 is 0.375 bits per heavy atom. The molecule has 0 unspecified atom stereocenters. The predicted octanol–water partition coefficient (Wildman–Crippen LogP) is 11.5. The molecule has 0 saturated heterocycles. The molecule has 0 fully saturated rings. The summed E-state index contributed by atoms with van der Waals surface area (Å²) in [5, 5.41) is 4.86. The fourth-order valence-electron chi connectivity index (χ4n) is 5.94. The summed E-state index contributed by atoms with van der Waals surface area (Å²) in [7, 11) is 0. The summed E-state index contributed by atoms with van der Waals surface area (Å²) in [4.78, 5) is 2.59. The summed E-state index contributed by atoms with van der Waals surface area (Å²) >= 11 is 1.88. The summed E-state index contributed by atoms with van der Waals surface area (Å²) < 4.78 is 6.51. The van der Waals surface area contributed by atoms with Crippen molar-refractivity contribution in [2.45, 2.75) is 0 Å². The van der Waals surface area contributed by atoms with Crippen LogP contribution in [0.3, 0.4) is 0 Å². The average molecular weight is 529 g/mol. The summed E-state index contributed by atoms with van der Waals surface area (Å²) in [6.07, 6.45) is 0. The third-order valence-electron chi connectivity index (χ3n) is 7.72. The minimum Gasteiger partial charge on any atom is -0.455 e. The van der Waals surface area contributed by atoms with Gasteiger partial charge in [-0.2, -0.15) is 0 Å². The number of rotatable bonds is 4. The van der Waals surface area contributed by atoms with Crippen molar-refractivity contribution in [2.75, 3.05) is 0 Å². The van der Waals surface area contributed by atoms with E-state index in [1.54, 1.807) is 0 Å². The number of furan rings is 1. The Hall–Kier alpha value is -4.92. The summed E-state index contributed by atoms with van der Waals surface area (Å²) in [5.41, 5.74) is 9.03. The second-order valence-electron chi connectivity index (χ2n) is 10.0. The minimum absolute atomic E-state index is 0.916. The molecule has 0 saturated carbocycles. The first-order valence-corrected chi connectivity index (χ1v) is 14.3. The standard InChI is InChI=1S/C38H24OS/c1-3-13-25(14-4-1)35-28(30-22-12-21-29-27-17-9-10-24-34(27)39-36(29)30)20-11-23-33(35)38-32-19-8-7-18-31(32)37(40-38)26-15-5-2-6-16-26/h1-24H. The Morgan fingerprint density at radius 2 is 0.925 bits per heavy atom. The SMILES string of the molecule is c1ccc(-c2c(-c3sc(-c4ccccc4)c4ccccc34)cccc2-c2cccc3c2oc2ccccc23)cc1. The normalized spacial score (nSPS) is 11.5. The molecule has 40 heavy (non-hydrogen) atoms. The summed E-state index contributed by atoms with van der Waals surface area (Å²) in [5.74, 6) is 0. The molecule has 0 N–H and O–H groups in total. The van der Waals surface area contributed by atoms with E-state index in [4.69, 9.17) is 4.42 Å². The molecule has 0 atom stereocenters. The summed E-state index contributed by atoms with van der Waals surface area (Å²) in [6, 6.07) is 51.8. The molecule has 0 bridgehead atoms. The number of para-hydroxylation sites is 2. The van der Waals surface area contributed by atoms with Crippen molar-refractivity contribution in [1.82, 2.24) is 0 Å². The molecule has 0 spiro atoms. The molecule has 8 aromatic rings. The third kappa shape index (κ3) is 3.61. The van der Waals surface area contributed by atoms with E-state index in [9.17, 15) is 0 Å². The van der Waals surface area contributed by atoms with Gasteiger partial charge in [0.15, 0.2) is 0 Å². The van der Waals surface area contributed by atoms with Gasteiger partial charge in [0.1, 0.15) is 11.2 Å². The third-order valence-corrected chi connectivity index (χ3v) is 9.03. The van der Waals surface area contributed by atoms with Crippen molar-refractivity contribution in [3.05, 3.63) is 146 Å². The lowest BCUT2D eigenvalue weighted by Crippen LogP contribution is -1.90.